The Hall–Kier alpha value is -2.55. The van der Waals surface area contributed by atoms with Gasteiger partial charge in [0.05, 0.1) is 4.92 Å². The molecule has 0 aliphatic carbocycles. The van der Waals surface area contributed by atoms with Crippen LogP contribution in [0.3, 0.4) is 0 Å². The van der Waals surface area contributed by atoms with Crippen molar-refractivity contribution in [1.82, 2.24) is 4.90 Å². The van der Waals surface area contributed by atoms with Gasteiger partial charge in [-0.15, -0.1) is 6.42 Å². The molecule has 0 saturated carbocycles. The molecule has 1 fully saturated rings. The summed E-state index contributed by atoms with van der Waals surface area (Å²) >= 11 is 0. The Bertz CT molecular complexity index is 663. The van der Waals surface area contributed by atoms with Crippen LogP contribution in [0.1, 0.15) is 26.3 Å². The van der Waals surface area contributed by atoms with Gasteiger partial charge in [-0.1, -0.05) is 20.8 Å². The Morgan fingerprint density at radius 3 is 2.35 bits per heavy atom. The molecule has 0 radical (unpaired) electrons. The van der Waals surface area contributed by atoms with Crippen molar-refractivity contribution in [2.75, 3.05) is 31.1 Å². The van der Waals surface area contributed by atoms with Gasteiger partial charge in [0.2, 0.25) is 0 Å². The summed E-state index contributed by atoms with van der Waals surface area (Å²) in [5, 5.41) is 11.2. The van der Waals surface area contributed by atoms with Crippen molar-refractivity contribution in [2.45, 2.75) is 26.2 Å². The molecular weight excluding hydrogens is 294 g/mol. The van der Waals surface area contributed by atoms with Crippen molar-refractivity contribution in [2.24, 2.45) is 0 Å². The SMILES string of the molecule is C#CC(=O)N1CCN(c2ccc([N+](=O)[O-])c(C(C)(C)C)c2)CC1. The third-order valence-electron chi connectivity index (χ3n) is 4.04. The number of rotatable bonds is 2. The van der Waals surface area contributed by atoms with Gasteiger partial charge in [0, 0.05) is 43.5 Å². The predicted molar refractivity (Wildman–Crippen MR) is 89.4 cm³/mol. The minimum Gasteiger partial charge on any atom is -0.368 e. The molecule has 1 aromatic carbocycles. The summed E-state index contributed by atoms with van der Waals surface area (Å²) in [6, 6.07) is 5.22. The van der Waals surface area contributed by atoms with Gasteiger partial charge < -0.3 is 9.80 Å². The van der Waals surface area contributed by atoms with E-state index in [4.69, 9.17) is 6.42 Å². The van der Waals surface area contributed by atoms with Gasteiger partial charge in [-0.25, -0.2) is 0 Å². The van der Waals surface area contributed by atoms with Crippen LogP contribution in [-0.4, -0.2) is 41.9 Å². The van der Waals surface area contributed by atoms with E-state index in [0.717, 1.165) is 5.69 Å². The second-order valence-corrected chi connectivity index (χ2v) is 6.63. The standard InChI is InChI=1S/C17H21N3O3/c1-5-16(21)19-10-8-18(9-11-19)13-6-7-15(20(22)23)14(12-13)17(2,3)4/h1,6-7,12H,8-11H2,2-4H3. The Morgan fingerprint density at radius 2 is 1.87 bits per heavy atom. The molecular formula is C17H21N3O3. The number of hydrogen-bond acceptors (Lipinski definition) is 4. The molecule has 1 saturated heterocycles. The van der Waals surface area contributed by atoms with Gasteiger partial charge in [-0.2, -0.15) is 0 Å². The summed E-state index contributed by atoms with van der Waals surface area (Å²) in [6.07, 6.45) is 5.14. The van der Waals surface area contributed by atoms with E-state index in [-0.39, 0.29) is 21.9 Å². The Balaban J connectivity index is 2.24. The fourth-order valence-electron chi connectivity index (χ4n) is 2.74. The number of hydrogen-bond donors (Lipinski definition) is 0. The van der Waals surface area contributed by atoms with Gasteiger partial charge in [-0.3, -0.25) is 14.9 Å². The van der Waals surface area contributed by atoms with Crippen LogP contribution in [0.2, 0.25) is 0 Å². The number of terminal acetylenes is 1. The molecule has 1 amide bonds. The highest BCUT2D eigenvalue weighted by molar-refractivity contribution is 5.93. The van der Waals surface area contributed by atoms with Crippen molar-refractivity contribution in [3.05, 3.63) is 33.9 Å². The molecule has 6 nitrogen and oxygen atoms in total. The lowest BCUT2D eigenvalue weighted by molar-refractivity contribution is -0.386. The van der Waals surface area contributed by atoms with Gasteiger partial charge in [0.25, 0.3) is 11.6 Å². The second kappa shape index (κ2) is 6.29. The number of amides is 1. The first-order valence-corrected chi connectivity index (χ1v) is 7.53. The highest BCUT2D eigenvalue weighted by atomic mass is 16.6. The number of anilines is 1. The Labute approximate surface area is 136 Å². The molecule has 1 aromatic rings. The average molecular weight is 315 g/mol. The molecule has 23 heavy (non-hydrogen) atoms. The van der Waals surface area contributed by atoms with Crippen LogP contribution in [0.4, 0.5) is 11.4 Å². The first kappa shape index (κ1) is 16.8. The molecule has 0 unspecified atom stereocenters. The maximum absolute atomic E-state index is 11.5. The highest BCUT2D eigenvalue weighted by Gasteiger charge is 2.27. The lowest BCUT2D eigenvalue weighted by atomic mass is 9.85. The molecule has 6 heteroatoms. The largest absolute Gasteiger partial charge is 0.368 e. The van der Waals surface area contributed by atoms with Crippen LogP contribution >= 0.6 is 0 Å². The lowest BCUT2D eigenvalue weighted by Crippen LogP contribution is -2.48. The minimum absolute atomic E-state index is 0.141. The minimum atomic E-state index is -0.339. The molecule has 0 N–H and O–H groups in total. The van der Waals surface area contributed by atoms with E-state index >= 15 is 0 Å². The van der Waals surface area contributed by atoms with Crippen molar-refractivity contribution in [3.63, 3.8) is 0 Å². The lowest BCUT2D eigenvalue weighted by Gasteiger charge is -2.35. The maximum atomic E-state index is 11.5. The first-order valence-electron chi connectivity index (χ1n) is 7.53. The number of nitro groups is 1. The normalized spacial score (nSPS) is 15.2. The molecule has 0 bridgehead atoms. The fraction of sp³-hybridized carbons (Fsp3) is 0.471. The Kier molecular flexibility index (Phi) is 4.60. The van der Waals surface area contributed by atoms with Crippen molar-refractivity contribution < 1.29 is 9.72 Å². The second-order valence-electron chi connectivity index (χ2n) is 6.63. The monoisotopic (exact) mass is 315 g/mol. The summed E-state index contributed by atoms with van der Waals surface area (Å²) in [7, 11) is 0. The number of nitrogens with zero attached hydrogens (tertiary/aromatic N) is 3. The van der Waals surface area contributed by atoms with Crippen LogP contribution in [0.25, 0.3) is 0 Å². The molecule has 1 heterocycles. The van der Waals surface area contributed by atoms with Gasteiger partial charge in [-0.05, 0) is 23.5 Å². The van der Waals surface area contributed by atoms with Gasteiger partial charge in [0.15, 0.2) is 0 Å². The molecule has 0 atom stereocenters. The van der Waals surface area contributed by atoms with E-state index in [9.17, 15) is 14.9 Å². The maximum Gasteiger partial charge on any atom is 0.298 e. The smallest absolute Gasteiger partial charge is 0.298 e. The van der Waals surface area contributed by atoms with E-state index in [0.29, 0.717) is 31.7 Å². The van der Waals surface area contributed by atoms with E-state index in [1.54, 1.807) is 17.0 Å². The summed E-state index contributed by atoms with van der Waals surface area (Å²) in [5.41, 5.74) is 1.47. The van der Waals surface area contributed by atoms with Crippen LogP contribution in [0.5, 0.6) is 0 Å². The Morgan fingerprint density at radius 1 is 1.26 bits per heavy atom. The summed E-state index contributed by atoms with van der Waals surface area (Å²) in [6.45, 7) is 8.33. The van der Waals surface area contributed by atoms with Crippen LogP contribution in [0, 0.1) is 22.5 Å². The van der Waals surface area contributed by atoms with Crippen molar-refractivity contribution in [3.8, 4) is 12.3 Å². The first-order chi connectivity index (χ1) is 10.7. The van der Waals surface area contributed by atoms with Crippen LogP contribution < -0.4 is 4.90 Å². The van der Waals surface area contributed by atoms with Gasteiger partial charge >= 0.3 is 0 Å². The van der Waals surface area contributed by atoms with E-state index in [1.165, 1.54) is 0 Å². The average Bonchev–Trinajstić information content (AvgIpc) is 2.52. The van der Waals surface area contributed by atoms with Gasteiger partial charge in [0.1, 0.15) is 0 Å². The number of nitro benzene ring substituents is 1. The van der Waals surface area contributed by atoms with Crippen molar-refractivity contribution >= 4 is 17.3 Å². The zero-order chi connectivity index (χ0) is 17.2. The third kappa shape index (κ3) is 3.62. The molecule has 1 aliphatic rings. The molecule has 1 aliphatic heterocycles. The number of carbonyl (C=O) groups excluding carboxylic acids is 1. The van der Waals surface area contributed by atoms with E-state index in [2.05, 4.69) is 10.8 Å². The van der Waals surface area contributed by atoms with Crippen LogP contribution in [-0.2, 0) is 10.2 Å². The quantitative estimate of drug-likeness (QED) is 0.476. The number of benzene rings is 1. The summed E-state index contributed by atoms with van der Waals surface area (Å²) < 4.78 is 0. The highest BCUT2D eigenvalue weighted by Crippen LogP contribution is 2.34. The van der Waals surface area contributed by atoms with E-state index < -0.39 is 0 Å². The number of carbonyl (C=O) groups is 1. The fourth-order valence-corrected chi connectivity index (χ4v) is 2.74. The number of piperazine rings is 1. The zero-order valence-corrected chi connectivity index (χ0v) is 13.7. The summed E-state index contributed by atoms with van der Waals surface area (Å²) in [4.78, 5) is 26.2. The zero-order valence-electron chi connectivity index (χ0n) is 13.7. The molecule has 2 rings (SSSR count). The molecule has 0 aromatic heterocycles. The third-order valence-corrected chi connectivity index (χ3v) is 4.04. The van der Waals surface area contributed by atoms with Crippen LogP contribution in [0.15, 0.2) is 18.2 Å². The predicted octanol–water partition coefficient (Wildman–Crippen LogP) is 2.17. The van der Waals surface area contributed by atoms with E-state index in [1.807, 2.05) is 26.8 Å². The summed E-state index contributed by atoms with van der Waals surface area (Å²) in [5.74, 6) is 1.84. The van der Waals surface area contributed by atoms with Crippen molar-refractivity contribution in [1.29, 1.82) is 0 Å². The molecule has 0 spiro atoms. The molecule has 122 valence electrons. The topological polar surface area (TPSA) is 66.7 Å².